The summed E-state index contributed by atoms with van der Waals surface area (Å²) in [5.74, 6) is -0.111. The van der Waals surface area contributed by atoms with Crippen LogP contribution in [0.25, 0.3) is 0 Å². The van der Waals surface area contributed by atoms with Crippen LogP contribution in [0.2, 0.25) is 0 Å². The molecule has 1 N–H and O–H groups in total. The molecule has 0 rings (SSSR count). The zero-order valence-electron chi connectivity index (χ0n) is 3.99. The molecular weight excluding hydrogens is 205 g/mol. The van der Waals surface area contributed by atoms with Crippen LogP contribution in [0.3, 0.4) is 0 Å². The maximum atomic E-state index is 10.3. The van der Waals surface area contributed by atoms with Gasteiger partial charge in [0.25, 0.3) is 5.91 Å². The zero-order chi connectivity index (χ0) is 5.86. The van der Waals surface area contributed by atoms with Gasteiger partial charge in [-0.2, -0.15) is 0 Å². The molecule has 0 atom stereocenters. The Kier molecular flexibility index (Phi) is 2.98. The average Bonchev–Trinajstić information content (AvgIpc) is 1.65. The van der Waals surface area contributed by atoms with E-state index in [0.717, 1.165) is 0 Å². The molecule has 0 aromatic rings. The van der Waals surface area contributed by atoms with Gasteiger partial charge in [0.2, 0.25) is 0 Å². The number of rotatable bonds is 1. The minimum atomic E-state index is -0.111. The summed E-state index contributed by atoms with van der Waals surface area (Å²) in [7, 11) is 0. The van der Waals surface area contributed by atoms with Crippen LogP contribution in [-0.2, 0) is 4.79 Å². The molecule has 0 aliphatic rings. The summed E-state index contributed by atoms with van der Waals surface area (Å²) in [4.78, 5) is 10.3. The number of halogens is 1. The van der Waals surface area contributed by atoms with Gasteiger partial charge in [0.05, 0.1) is 22.9 Å². The molecule has 0 heterocycles. The molecule has 0 aliphatic carbocycles. The fourth-order valence-electron chi connectivity index (χ4n) is 0.0807. The first kappa shape index (κ1) is 6.94. The predicted octanol–water partition coefficient (Wildman–Crippen LogP) is 1.03. The lowest BCUT2D eigenvalue weighted by molar-refractivity contribution is -0.115. The quantitative estimate of drug-likeness (QED) is 0.391. The highest BCUT2D eigenvalue weighted by atomic mass is 127. The van der Waals surface area contributed by atoms with Crippen molar-refractivity contribution in [3.8, 4) is 0 Å². The van der Waals surface area contributed by atoms with Gasteiger partial charge in [-0.1, -0.05) is 6.58 Å². The molecule has 7 heavy (non-hydrogen) atoms. The smallest absolute Gasteiger partial charge is 0.254 e. The van der Waals surface area contributed by atoms with Crippen molar-refractivity contribution in [1.29, 1.82) is 0 Å². The van der Waals surface area contributed by atoms with E-state index in [9.17, 15) is 4.79 Å². The van der Waals surface area contributed by atoms with Gasteiger partial charge in [0.15, 0.2) is 0 Å². The first-order valence-corrected chi connectivity index (χ1v) is 2.83. The van der Waals surface area contributed by atoms with Gasteiger partial charge in [-0.15, -0.1) is 0 Å². The van der Waals surface area contributed by atoms with E-state index in [4.69, 9.17) is 0 Å². The highest BCUT2D eigenvalue weighted by Gasteiger charge is 1.93. The summed E-state index contributed by atoms with van der Waals surface area (Å²) < 4.78 is 2.40. The van der Waals surface area contributed by atoms with Crippen LogP contribution in [0.5, 0.6) is 0 Å². The number of nitrogens with one attached hydrogen (secondary N) is 1. The third-order valence-electron chi connectivity index (χ3n) is 0.473. The van der Waals surface area contributed by atoms with Crippen LogP contribution in [0.1, 0.15) is 6.92 Å². The van der Waals surface area contributed by atoms with Crippen molar-refractivity contribution in [2.45, 2.75) is 6.92 Å². The summed E-state index contributed by atoms with van der Waals surface area (Å²) in [5, 5.41) is 0. The van der Waals surface area contributed by atoms with Crippen LogP contribution < -0.4 is 3.53 Å². The molecule has 0 unspecified atom stereocenters. The lowest BCUT2D eigenvalue weighted by Gasteiger charge is -1.89. The summed E-state index contributed by atoms with van der Waals surface area (Å²) in [6, 6.07) is 0. The molecule has 0 saturated carbocycles. The summed E-state index contributed by atoms with van der Waals surface area (Å²) in [6.45, 7) is 5.07. The van der Waals surface area contributed by atoms with E-state index >= 15 is 0 Å². The number of carbonyl (C=O) groups excluding carboxylic acids is 1. The van der Waals surface area contributed by atoms with E-state index in [0.29, 0.717) is 5.57 Å². The van der Waals surface area contributed by atoms with Crippen LogP contribution in [-0.4, -0.2) is 5.91 Å². The van der Waals surface area contributed by atoms with Crippen molar-refractivity contribution in [2.75, 3.05) is 0 Å². The molecule has 2 nitrogen and oxygen atoms in total. The Bertz CT molecular complexity index is 99.9. The van der Waals surface area contributed by atoms with E-state index in [2.05, 4.69) is 10.1 Å². The molecule has 0 radical (unpaired) electrons. The second-order valence-corrected chi connectivity index (χ2v) is 1.74. The standard InChI is InChI=1S/C4H6INO/c1-3(2)4(7)6-5/h1H2,2H3,(H,6,7). The van der Waals surface area contributed by atoms with Crippen LogP contribution in [0, 0.1) is 0 Å². The lowest BCUT2D eigenvalue weighted by atomic mass is 10.3. The Morgan fingerprint density at radius 1 is 1.86 bits per heavy atom. The second-order valence-electron chi connectivity index (χ2n) is 1.20. The highest BCUT2D eigenvalue weighted by Crippen LogP contribution is 1.85. The molecular formula is C4H6INO. The van der Waals surface area contributed by atoms with Gasteiger partial charge < -0.3 is 0 Å². The highest BCUT2D eigenvalue weighted by molar-refractivity contribution is 14.1. The lowest BCUT2D eigenvalue weighted by Crippen LogP contribution is -2.10. The van der Waals surface area contributed by atoms with Gasteiger partial charge >= 0.3 is 0 Å². The molecule has 40 valence electrons. The minimum Gasteiger partial charge on any atom is -0.295 e. The Hall–Kier alpha value is -0.0600. The fourth-order valence-corrected chi connectivity index (χ4v) is 0.541. The fraction of sp³-hybridized carbons (Fsp3) is 0.250. The van der Waals surface area contributed by atoms with Crippen LogP contribution in [0.15, 0.2) is 12.2 Å². The Morgan fingerprint density at radius 2 is 2.29 bits per heavy atom. The van der Waals surface area contributed by atoms with Crippen LogP contribution in [0.4, 0.5) is 0 Å². The van der Waals surface area contributed by atoms with Crippen molar-refractivity contribution in [3.05, 3.63) is 12.2 Å². The number of hydrogen-bond donors (Lipinski definition) is 1. The third-order valence-corrected chi connectivity index (χ3v) is 0.963. The number of carbonyl (C=O) groups is 1. The molecule has 0 fully saturated rings. The summed E-state index contributed by atoms with van der Waals surface area (Å²) in [6.07, 6.45) is 0. The zero-order valence-corrected chi connectivity index (χ0v) is 6.15. The average molecular weight is 211 g/mol. The van der Waals surface area contributed by atoms with Gasteiger partial charge in [0, 0.05) is 5.57 Å². The molecule has 0 aromatic carbocycles. The first-order valence-electron chi connectivity index (χ1n) is 1.75. The Labute approximate surface area is 56.5 Å². The Morgan fingerprint density at radius 3 is 2.29 bits per heavy atom. The monoisotopic (exact) mass is 211 g/mol. The largest absolute Gasteiger partial charge is 0.295 e. The van der Waals surface area contributed by atoms with E-state index in [1.807, 2.05) is 0 Å². The first-order chi connectivity index (χ1) is 3.18. The van der Waals surface area contributed by atoms with E-state index in [1.165, 1.54) is 0 Å². The Balaban J connectivity index is 3.58. The molecule has 0 saturated heterocycles. The minimum absolute atomic E-state index is 0.111. The molecule has 0 aromatic heterocycles. The van der Waals surface area contributed by atoms with Crippen molar-refractivity contribution in [2.24, 2.45) is 0 Å². The third kappa shape index (κ3) is 2.61. The van der Waals surface area contributed by atoms with Crippen molar-refractivity contribution in [3.63, 3.8) is 0 Å². The van der Waals surface area contributed by atoms with Crippen molar-refractivity contribution in [1.82, 2.24) is 3.53 Å². The molecule has 0 aliphatic heterocycles. The maximum Gasteiger partial charge on any atom is 0.254 e. The van der Waals surface area contributed by atoms with Gasteiger partial charge in [-0.05, 0) is 6.92 Å². The summed E-state index contributed by atoms with van der Waals surface area (Å²) >= 11 is 1.77. The number of amides is 1. The van der Waals surface area contributed by atoms with Gasteiger partial charge in [0.1, 0.15) is 0 Å². The molecule has 1 amide bonds. The van der Waals surface area contributed by atoms with E-state index < -0.39 is 0 Å². The summed E-state index contributed by atoms with van der Waals surface area (Å²) in [5.41, 5.74) is 0.536. The van der Waals surface area contributed by atoms with Gasteiger partial charge in [-0.25, -0.2) is 0 Å². The van der Waals surface area contributed by atoms with Crippen molar-refractivity contribution < 1.29 is 4.79 Å². The number of hydrogen-bond acceptors (Lipinski definition) is 1. The van der Waals surface area contributed by atoms with E-state index in [1.54, 1.807) is 29.8 Å². The van der Waals surface area contributed by atoms with Crippen molar-refractivity contribution >= 4 is 28.8 Å². The topological polar surface area (TPSA) is 29.1 Å². The second kappa shape index (κ2) is 3.01. The van der Waals surface area contributed by atoms with Crippen LogP contribution >= 0.6 is 22.9 Å². The molecule has 3 heteroatoms. The SMILES string of the molecule is C=C(C)C(=O)NI. The maximum absolute atomic E-state index is 10.3. The molecule has 0 spiro atoms. The normalized spacial score (nSPS) is 7.71. The predicted molar refractivity (Wildman–Crippen MR) is 37.0 cm³/mol. The van der Waals surface area contributed by atoms with Gasteiger partial charge in [-0.3, -0.25) is 8.32 Å². The molecule has 0 bridgehead atoms. The van der Waals surface area contributed by atoms with E-state index in [-0.39, 0.29) is 5.91 Å².